The summed E-state index contributed by atoms with van der Waals surface area (Å²) in [5, 5.41) is 3.08. The van der Waals surface area contributed by atoms with Crippen molar-refractivity contribution in [3.63, 3.8) is 0 Å². The summed E-state index contributed by atoms with van der Waals surface area (Å²) in [7, 11) is 3.92. The van der Waals surface area contributed by atoms with Gasteiger partial charge in [0, 0.05) is 39.7 Å². The summed E-state index contributed by atoms with van der Waals surface area (Å²) in [6.45, 7) is 4.60. The molecular formula is C14H24N4O. The minimum Gasteiger partial charge on any atom is -0.379 e. The Morgan fingerprint density at radius 2 is 2.21 bits per heavy atom. The molecule has 106 valence electrons. The van der Waals surface area contributed by atoms with Gasteiger partial charge in [0.25, 0.3) is 0 Å². The van der Waals surface area contributed by atoms with Gasteiger partial charge in [0.1, 0.15) is 17.5 Å². The average Bonchev–Trinajstić information content (AvgIpc) is 3.26. The monoisotopic (exact) mass is 264 g/mol. The molecule has 19 heavy (non-hydrogen) atoms. The van der Waals surface area contributed by atoms with Crippen LogP contribution in [-0.4, -0.2) is 43.8 Å². The lowest BCUT2D eigenvalue weighted by molar-refractivity contribution is 0.131. The van der Waals surface area contributed by atoms with Crippen LogP contribution in [-0.2, 0) is 11.2 Å². The normalized spacial score (nSPS) is 14.5. The number of likely N-dealkylation sites (N-methyl/N-ethyl adjacent to an activating group) is 1. The number of nitrogens with one attached hydrogen (secondary N) is 1. The molecule has 0 atom stereocenters. The maximum Gasteiger partial charge on any atom is 0.134 e. The Bertz CT molecular complexity index is 384. The molecule has 1 saturated carbocycles. The molecule has 1 fully saturated rings. The maximum atomic E-state index is 5.66. The van der Waals surface area contributed by atoms with Gasteiger partial charge in [0.05, 0.1) is 6.61 Å². The van der Waals surface area contributed by atoms with Crippen LogP contribution in [0.5, 0.6) is 0 Å². The van der Waals surface area contributed by atoms with Crippen LogP contribution in [0.25, 0.3) is 0 Å². The van der Waals surface area contributed by atoms with E-state index in [4.69, 9.17) is 4.74 Å². The van der Waals surface area contributed by atoms with Crippen molar-refractivity contribution in [3.8, 4) is 0 Å². The van der Waals surface area contributed by atoms with Gasteiger partial charge in [-0.1, -0.05) is 6.92 Å². The van der Waals surface area contributed by atoms with Gasteiger partial charge in [-0.3, -0.25) is 0 Å². The number of anilines is 2. The van der Waals surface area contributed by atoms with Crippen LogP contribution in [0.4, 0.5) is 11.6 Å². The van der Waals surface area contributed by atoms with Crippen molar-refractivity contribution in [2.24, 2.45) is 5.92 Å². The van der Waals surface area contributed by atoms with E-state index < -0.39 is 0 Å². The van der Waals surface area contributed by atoms with E-state index in [0.717, 1.165) is 49.6 Å². The molecule has 2 rings (SSSR count). The maximum absolute atomic E-state index is 5.66. The molecule has 0 aliphatic heterocycles. The summed E-state index contributed by atoms with van der Waals surface area (Å²) in [6.07, 6.45) is 3.52. The third kappa shape index (κ3) is 4.35. The fraction of sp³-hybridized carbons (Fsp3) is 0.714. The summed E-state index contributed by atoms with van der Waals surface area (Å²) in [4.78, 5) is 11.1. The molecule has 1 aromatic heterocycles. The highest BCUT2D eigenvalue weighted by molar-refractivity contribution is 5.48. The van der Waals surface area contributed by atoms with E-state index in [-0.39, 0.29) is 0 Å². The molecule has 1 aliphatic rings. The number of rotatable bonds is 8. The van der Waals surface area contributed by atoms with Crippen molar-refractivity contribution in [3.05, 3.63) is 11.9 Å². The number of aromatic nitrogens is 2. The standard InChI is InChI=1S/C14H24N4O/c1-4-12-16-13(15-2)9-14(17-12)18(3)7-8-19-10-11-5-6-11/h9,11H,4-8,10H2,1-3H3,(H,15,16,17). The summed E-state index contributed by atoms with van der Waals surface area (Å²) in [5.74, 6) is 3.51. The zero-order valence-electron chi connectivity index (χ0n) is 12.1. The fourth-order valence-corrected chi connectivity index (χ4v) is 1.82. The predicted molar refractivity (Wildman–Crippen MR) is 77.8 cm³/mol. The first kappa shape index (κ1) is 14.1. The smallest absolute Gasteiger partial charge is 0.134 e. The van der Waals surface area contributed by atoms with Gasteiger partial charge in [-0.2, -0.15) is 0 Å². The Morgan fingerprint density at radius 1 is 1.42 bits per heavy atom. The van der Waals surface area contributed by atoms with Gasteiger partial charge in [0.15, 0.2) is 0 Å². The van der Waals surface area contributed by atoms with Gasteiger partial charge < -0.3 is 15.0 Å². The van der Waals surface area contributed by atoms with Crippen LogP contribution in [0.3, 0.4) is 0 Å². The van der Waals surface area contributed by atoms with E-state index in [2.05, 4.69) is 27.1 Å². The van der Waals surface area contributed by atoms with Crippen LogP contribution in [0, 0.1) is 5.92 Å². The van der Waals surface area contributed by atoms with Crippen LogP contribution < -0.4 is 10.2 Å². The molecule has 0 saturated heterocycles. The highest BCUT2D eigenvalue weighted by atomic mass is 16.5. The van der Waals surface area contributed by atoms with Gasteiger partial charge in [-0.15, -0.1) is 0 Å². The number of aryl methyl sites for hydroxylation is 1. The second-order valence-electron chi connectivity index (χ2n) is 5.07. The van der Waals surface area contributed by atoms with Crippen molar-refractivity contribution in [1.82, 2.24) is 9.97 Å². The van der Waals surface area contributed by atoms with Gasteiger partial charge in [0.2, 0.25) is 0 Å². The van der Waals surface area contributed by atoms with Crippen LogP contribution in [0.1, 0.15) is 25.6 Å². The van der Waals surface area contributed by atoms with Crippen molar-refractivity contribution in [2.75, 3.05) is 44.1 Å². The van der Waals surface area contributed by atoms with E-state index in [1.807, 2.05) is 20.2 Å². The number of hydrogen-bond donors (Lipinski definition) is 1. The van der Waals surface area contributed by atoms with E-state index in [1.54, 1.807) is 0 Å². The van der Waals surface area contributed by atoms with Crippen LogP contribution >= 0.6 is 0 Å². The summed E-state index contributed by atoms with van der Waals surface area (Å²) >= 11 is 0. The Balaban J connectivity index is 1.86. The summed E-state index contributed by atoms with van der Waals surface area (Å²) < 4.78 is 5.66. The predicted octanol–water partition coefficient (Wildman–Crippen LogP) is 1.94. The van der Waals surface area contributed by atoms with Crippen molar-refractivity contribution >= 4 is 11.6 Å². The Hall–Kier alpha value is -1.36. The third-order valence-corrected chi connectivity index (χ3v) is 3.34. The van der Waals surface area contributed by atoms with Crippen molar-refractivity contribution in [2.45, 2.75) is 26.2 Å². The van der Waals surface area contributed by atoms with Crippen molar-refractivity contribution in [1.29, 1.82) is 0 Å². The molecule has 0 radical (unpaired) electrons. The molecule has 1 N–H and O–H groups in total. The first-order valence-electron chi connectivity index (χ1n) is 7.07. The molecule has 1 aliphatic carbocycles. The molecule has 5 heteroatoms. The van der Waals surface area contributed by atoms with Gasteiger partial charge in [-0.05, 0) is 18.8 Å². The minimum absolute atomic E-state index is 0.757. The summed E-state index contributed by atoms with van der Waals surface area (Å²) in [6, 6.07) is 1.97. The SMILES string of the molecule is CCc1nc(NC)cc(N(C)CCOCC2CC2)n1. The zero-order valence-corrected chi connectivity index (χ0v) is 12.1. The lowest BCUT2D eigenvalue weighted by Gasteiger charge is -2.19. The zero-order chi connectivity index (χ0) is 13.7. The number of nitrogens with zero attached hydrogens (tertiary/aromatic N) is 3. The van der Waals surface area contributed by atoms with Gasteiger partial charge >= 0.3 is 0 Å². The number of hydrogen-bond acceptors (Lipinski definition) is 5. The molecule has 0 amide bonds. The highest BCUT2D eigenvalue weighted by Gasteiger charge is 2.21. The molecule has 1 aromatic rings. The second kappa shape index (κ2) is 6.70. The second-order valence-corrected chi connectivity index (χ2v) is 5.07. The van der Waals surface area contributed by atoms with Crippen LogP contribution in [0.2, 0.25) is 0 Å². The van der Waals surface area contributed by atoms with E-state index in [0.29, 0.717) is 0 Å². The average molecular weight is 264 g/mol. The third-order valence-electron chi connectivity index (χ3n) is 3.34. The lowest BCUT2D eigenvalue weighted by Crippen LogP contribution is -2.24. The Kier molecular flexibility index (Phi) is 4.96. The molecule has 5 nitrogen and oxygen atoms in total. The van der Waals surface area contributed by atoms with E-state index in [9.17, 15) is 0 Å². The quantitative estimate of drug-likeness (QED) is 0.727. The number of ether oxygens (including phenoxy) is 1. The molecule has 1 heterocycles. The first-order valence-corrected chi connectivity index (χ1v) is 7.07. The largest absolute Gasteiger partial charge is 0.379 e. The van der Waals surface area contributed by atoms with Gasteiger partial charge in [-0.25, -0.2) is 9.97 Å². The first-order chi connectivity index (χ1) is 9.22. The Labute approximate surface area is 115 Å². The van der Waals surface area contributed by atoms with Crippen LogP contribution in [0.15, 0.2) is 6.07 Å². The molecule has 0 bridgehead atoms. The topological polar surface area (TPSA) is 50.3 Å². The lowest BCUT2D eigenvalue weighted by atomic mass is 10.4. The van der Waals surface area contributed by atoms with Crippen molar-refractivity contribution < 1.29 is 4.74 Å². The summed E-state index contributed by atoms with van der Waals surface area (Å²) in [5.41, 5.74) is 0. The minimum atomic E-state index is 0.757. The van der Waals surface area contributed by atoms with E-state index in [1.165, 1.54) is 12.8 Å². The molecular weight excluding hydrogens is 240 g/mol. The fourth-order valence-electron chi connectivity index (χ4n) is 1.82. The molecule has 0 spiro atoms. The molecule has 0 unspecified atom stereocenters. The Morgan fingerprint density at radius 3 is 2.84 bits per heavy atom. The molecule has 0 aromatic carbocycles. The highest BCUT2D eigenvalue weighted by Crippen LogP contribution is 2.28. The van der Waals surface area contributed by atoms with E-state index >= 15 is 0 Å².